The van der Waals surface area contributed by atoms with Crippen molar-refractivity contribution >= 4 is 11.4 Å². The third-order valence-electron chi connectivity index (χ3n) is 2.82. The van der Waals surface area contributed by atoms with Crippen LogP contribution in [0.4, 0.5) is 20.2 Å². The molecule has 2 nitrogen and oxygen atoms in total. The molecule has 0 unspecified atom stereocenters. The number of benzene rings is 2. The van der Waals surface area contributed by atoms with Crippen LogP contribution in [-0.2, 0) is 0 Å². The van der Waals surface area contributed by atoms with Crippen LogP contribution in [0.5, 0.6) is 0 Å². The molecule has 0 N–H and O–H groups in total. The zero-order valence-electron chi connectivity index (χ0n) is 10.4. The van der Waals surface area contributed by atoms with Crippen LogP contribution in [0.2, 0.25) is 0 Å². The van der Waals surface area contributed by atoms with Gasteiger partial charge in [-0.15, -0.1) is 0 Å². The van der Waals surface area contributed by atoms with Gasteiger partial charge in [0.25, 0.3) is 0 Å². The summed E-state index contributed by atoms with van der Waals surface area (Å²) in [6, 6.07) is 12.1. The summed E-state index contributed by atoms with van der Waals surface area (Å²) in [6.45, 7) is 2.41. The van der Waals surface area contributed by atoms with Crippen molar-refractivity contribution in [3.8, 4) is 6.07 Å². The van der Waals surface area contributed by atoms with Gasteiger partial charge in [0, 0.05) is 12.2 Å². The molecule has 0 atom stereocenters. The first-order valence-electron chi connectivity index (χ1n) is 5.88. The van der Waals surface area contributed by atoms with Crippen molar-refractivity contribution in [1.29, 1.82) is 5.26 Å². The maximum absolute atomic E-state index is 14.0. The fourth-order valence-corrected chi connectivity index (χ4v) is 1.91. The van der Waals surface area contributed by atoms with Gasteiger partial charge in [-0.25, -0.2) is 8.78 Å². The third kappa shape index (κ3) is 2.71. The van der Waals surface area contributed by atoms with Crippen LogP contribution in [-0.4, -0.2) is 6.54 Å². The molecule has 0 fully saturated rings. The molecule has 2 aromatic rings. The lowest BCUT2D eigenvalue weighted by atomic mass is 10.1. The quantitative estimate of drug-likeness (QED) is 0.832. The Kier molecular flexibility index (Phi) is 3.76. The van der Waals surface area contributed by atoms with Crippen molar-refractivity contribution < 1.29 is 8.78 Å². The second-order valence-corrected chi connectivity index (χ2v) is 4.00. The molecule has 2 aromatic carbocycles. The minimum atomic E-state index is -0.467. The molecular weight excluding hydrogens is 246 g/mol. The van der Waals surface area contributed by atoms with E-state index in [2.05, 4.69) is 0 Å². The van der Waals surface area contributed by atoms with Gasteiger partial charge in [0.2, 0.25) is 0 Å². The summed E-state index contributed by atoms with van der Waals surface area (Å²) in [7, 11) is 0. The van der Waals surface area contributed by atoms with Crippen LogP contribution in [0.3, 0.4) is 0 Å². The topological polar surface area (TPSA) is 27.0 Å². The molecule has 0 aliphatic carbocycles. The highest BCUT2D eigenvalue weighted by molar-refractivity contribution is 5.64. The lowest BCUT2D eigenvalue weighted by Gasteiger charge is -2.23. The maximum Gasteiger partial charge on any atom is 0.148 e. The van der Waals surface area contributed by atoms with Crippen molar-refractivity contribution in [3.05, 3.63) is 59.7 Å². The van der Waals surface area contributed by atoms with E-state index in [9.17, 15) is 8.78 Å². The van der Waals surface area contributed by atoms with Gasteiger partial charge >= 0.3 is 0 Å². The summed E-state index contributed by atoms with van der Waals surface area (Å²) in [5.41, 5.74) is 1.34. The minimum absolute atomic E-state index is 0.274. The Bertz CT molecular complexity index is 615. The van der Waals surface area contributed by atoms with Crippen molar-refractivity contribution in [2.45, 2.75) is 6.92 Å². The third-order valence-corrected chi connectivity index (χ3v) is 2.82. The summed E-state index contributed by atoms with van der Waals surface area (Å²) >= 11 is 0. The van der Waals surface area contributed by atoms with E-state index in [0.717, 1.165) is 0 Å². The Morgan fingerprint density at radius 2 is 1.79 bits per heavy atom. The molecule has 0 bridgehead atoms. The molecule has 0 spiro atoms. The monoisotopic (exact) mass is 258 g/mol. The maximum atomic E-state index is 14.0. The van der Waals surface area contributed by atoms with E-state index in [1.807, 2.05) is 13.0 Å². The van der Waals surface area contributed by atoms with Gasteiger partial charge in [0.15, 0.2) is 0 Å². The van der Waals surface area contributed by atoms with Crippen molar-refractivity contribution in [2.24, 2.45) is 0 Å². The zero-order valence-corrected chi connectivity index (χ0v) is 10.4. The highest BCUT2D eigenvalue weighted by Crippen LogP contribution is 2.28. The minimum Gasteiger partial charge on any atom is -0.339 e. The summed E-state index contributed by atoms with van der Waals surface area (Å²) in [6.07, 6.45) is 0. The van der Waals surface area contributed by atoms with Crippen LogP contribution in [0.15, 0.2) is 42.5 Å². The molecule has 0 aliphatic rings. The molecule has 0 saturated heterocycles. The van der Waals surface area contributed by atoms with Crippen LogP contribution in [0.25, 0.3) is 0 Å². The van der Waals surface area contributed by atoms with Gasteiger partial charge < -0.3 is 4.90 Å². The van der Waals surface area contributed by atoms with E-state index in [1.54, 1.807) is 29.2 Å². The van der Waals surface area contributed by atoms with Gasteiger partial charge in [0.05, 0.1) is 17.3 Å². The number of hydrogen-bond acceptors (Lipinski definition) is 2. The van der Waals surface area contributed by atoms with Crippen molar-refractivity contribution in [2.75, 3.05) is 11.4 Å². The van der Waals surface area contributed by atoms with Crippen LogP contribution in [0.1, 0.15) is 12.5 Å². The number of halogens is 2. The molecule has 2 rings (SSSR count). The fourth-order valence-electron chi connectivity index (χ4n) is 1.91. The molecule has 0 aliphatic heterocycles. The lowest BCUT2D eigenvalue weighted by Crippen LogP contribution is -2.17. The first-order valence-corrected chi connectivity index (χ1v) is 5.88. The number of nitriles is 1. The summed E-state index contributed by atoms with van der Waals surface area (Å²) in [4.78, 5) is 1.72. The normalized spacial score (nSPS) is 10.0. The number of anilines is 2. The lowest BCUT2D eigenvalue weighted by molar-refractivity contribution is 0.624. The van der Waals surface area contributed by atoms with Crippen LogP contribution in [0, 0.1) is 23.0 Å². The Morgan fingerprint density at radius 1 is 1.11 bits per heavy atom. The van der Waals surface area contributed by atoms with E-state index in [1.165, 1.54) is 18.2 Å². The standard InChI is InChI=1S/C15H12F2N2/c1-2-19(13-6-4-12(16)5-7-13)15-8-3-11(10-18)9-14(15)17/h3-9H,2H2,1H3. The number of nitrogens with zero attached hydrogens (tertiary/aromatic N) is 2. The summed E-state index contributed by atoms with van der Waals surface area (Å²) in [5.74, 6) is -0.801. The largest absolute Gasteiger partial charge is 0.339 e. The van der Waals surface area contributed by atoms with E-state index in [-0.39, 0.29) is 11.4 Å². The molecule has 96 valence electrons. The van der Waals surface area contributed by atoms with Gasteiger partial charge in [-0.2, -0.15) is 5.26 Å². The second-order valence-electron chi connectivity index (χ2n) is 4.00. The summed E-state index contributed by atoms with van der Waals surface area (Å²) in [5, 5.41) is 8.72. The first-order chi connectivity index (χ1) is 9.15. The molecule has 0 radical (unpaired) electrons. The fraction of sp³-hybridized carbons (Fsp3) is 0.133. The molecular formula is C15H12F2N2. The van der Waals surface area contributed by atoms with E-state index < -0.39 is 5.82 Å². The molecule has 4 heteroatoms. The number of rotatable bonds is 3. The first kappa shape index (κ1) is 13.0. The Balaban J connectivity index is 2.42. The zero-order chi connectivity index (χ0) is 13.8. The highest BCUT2D eigenvalue weighted by atomic mass is 19.1. The Morgan fingerprint density at radius 3 is 2.32 bits per heavy atom. The predicted molar refractivity (Wildman–Crippen MR) is 70.2 cm³/mol. The van der Waals surface area contributed by atoms with E-state index >= 15 is 0 Å². The number of hydrogen-bond donors (Lipinski definition) is 0. The smallest absolute Gasteiger partial charge is 0.148 e. The average Bonchev–Trinajstić information content (AvgIpc) is 2.43. The van der Waals surface area contributed by atoms with Gasteiger partial charge in [-0.3, -0.25) is 0 Å². The average molecular weight is 258 g/mol. The summed E-state index contributed by atoms with van der Waals surface area (Å²) < 4.78 is 26.9. The predicted octanol–water partition coefficient (Wildman–Crippen LogP) is 3.99. The van der Waals surface area contributed by atoms with Crippen LogP contribution < -0.4 is 4.90 Å². The van der Waals surface area contributed by atoms with Crippen LogP contribution >= 0.6 is 0 Å². The van der Waals surface area contributed by atoms with Crippen molar-refractivity contribution in [3.63, 3.8) is 0 Å². The Hall–Kier alpha value is -2.41. The van der Waals surface area contributed by atoms with Gasteiger partial charge in [-0.05, 0) is 49.4 Å². The molecule has 0 heterocycles. The van der Waals surface area contributed by atoms with E-state index in [4.69, 9.17) is 5.26 Å². The Labute approximate surface area is 110 Å². The molecule has 19 heavy (non-hydrogen) atoms. The van der Waals surface area contributed by atoms with Gasteiger partial charge in [0.1, 0.15) is 11.6 Å². The molecule has 0 saturated carbocycles. The van der Waals surface area contributed by atoms with Crippen molar-refractivity contribution in [1.82, 2.24) is 0 Å². The molecule has 0 amide bonds. The molecule has 0 aromatic heterocycles. The van der Waals surface area contributed by atoms with Gasteiger partial charge in [-0.1, -0.05) is 0 Å². The highest BCUT2D eigenvalue weighted by Gasteiger charge is 2.12. The SMILES string of the molecule is CCN(c1ccc(F)cc1)c1ccc(C#N)cc1F. The second kappa shape index (κ2) is 5.49. The van der Waals surface area contributed by atoms with E-state index in [0.29, 0.717) is 17.9 Å².